The fraction of sp³-hybridized carbons (Fsp3) is 0. The van der Waals surface area contributed by atoms with Gasteiger partial charge >= 0.3 is 0 Å². The molecular weight excluding hydrogens is 332 g/mol. The molecule has 1 aromatic heterocycles. The third kappa shape index (κ3) is 3.39. The highest BCUT2D eigenvalue weighted by Gasteiger charge is 2.12. The number of hydrazine groups is 1. The standard InChI is InChI=1S/C15H11ClN6O2/c16-13-7-2-1-6-12(13)15(24)19-18-14(23)10-4-3-5-11(8-10)22-9-17-20-21-22/h1-9H,(H,18,23)(H,19,24). The van der Waals surface area contributed by atoms with Crippen LogP contribution in [0.3, 0.4) is 0 Å². The predicted molar refractivity (Wildman–Crippen MR) is 85.5 cm³/mol. The summed E-state index contributed by atoms with van der Waals surface area (Å²) in [4.78, 5) is 24.2. The molecule has 0 atom stereocenters. The van der Waals surface area contributed by atoms with Crippen LogP contribution in [-0.4, -0.2) is 32.0 Å². The van der Waals surface area contributed by atoms with Crippen molar-refractivity contribution < 1.29 is 9.59 Å². The zero-order valence-corrected chi connectivity index (χ0v) is 12.9. The molecule has 0 fully saturated rings. The first-order valence-corrected chi connectivity index (χ1v) is 7.21. The molecule has 2 amide bonds. The van der Waals surface area contributed by atoms with Crippen molar-refractivity contribution in [3.63, 3.8) is 0 Å². The number of halogens is 1. The average Bonchev–Trinajstić information content (AvgIpc) is 3.14. The molecule has 120 valence electrons. The van der Waals surface area contributed by atoms with E-state index in [1.54, 1.807) is 48.5 Å². The van der Waals surface area contributed by atoms with Crippen molar-refractivity contribution >= 4 is 23.4 Å². The van der Waals surface area contributed by atoms with Crippen LogP contribution in [0.2, 0.25) is 5.02 Å². The Morgan fingerprint density at radius 1 is 1.00 bits per heavy atom. The molecular formula is C15H11ClN6O2. The van der Waals surface area contributed by atoms with Crippen LogP contribution in [0.1, 0.15) is 20.7 Å². The SMILES string of the molecule is O=C(NNC(=O)c1ccccc1Cl)c1cccc(-n2cnnn2)c1. The summed E-state index contributed by atoms with van der Waals surface area (Å²) in [6.07, 6.45) is 1.41. The highest BCUT2D eigenvalue weighted by Crippen LogP contribution is 2.14. The Morgan fingerprint density at radius 3 is 2.54 bits per heavy atom. The lowest BCUT2D eigenvalue weighted by molar-refractivity contribution is 0.0846. The molecule has 3 aromatic rings. The second-order valence-corrected chi connectivity index (χ2v) is 5.10. The lowest BCUT2D eigenvalue weighted by atomic mass is 10.2. The van der Waals surface area contributed by atoms with Crippen LogP contribution in [0.25, 0.3) is 5.69 Å². The number of rotatable bonds is 3. The largest absolute Gasteiger partial charge is 0.271 e. The highest BCUT2D eigenvalue weighted by atomic mass is 35.5. The van der Waals surface area contributed by atoms with Gasteiger partial charge in [-0.3, -0.25) is 20.4 Å². The van der Waals surface area contributed by atoms with Crippen molar-refractivity contribution in [2.24, 2.45) is 0 Å². The first-order valence-electron chi connectivity index (χ1n) is 6.84. The lowest BCUT2D eigenvalue weighted by Crippen LogP contribution is -2.41. The minimum Gasteiger partial charge on any atom is -0.267 e. The third-order valence-electron chi connectivity index (χ3n) is 3.13. The normalized spacial score (nSPS) is 10.2. The van der Waals surface area contributed by atoms with E-state index in [1.807, 2.05) is 0 Å². The monoisotopic (exact) mass is 342 g/mol. The van der Waals surface area contributed by atoms with Gasteiger partial charge in [-0.25, -0.2) is 4.68 Å². The third-order valence-corrected chi connectivity index (χ3v) is 3.46. The molecule has 1 heterocycles. The van der Waals surface area contributed by atoms with Gasteiger partial charge < -0.3 is 0 Å². The fourth-order valence-electron chi connectivity index (χ4n) is 1.97. The van der Waals surface area contributed by atoms with Crippen LogP contribution < -0.4 is 10.9 Å². The number of nitrogens with one attached hydrogen (secondary N) is 2. The maximum Gasteiger partial charge on any atom is 0.271 e. The number of tetrazole rings is 1. The van der Waals surface area contributed by atoms with Crippen molar-refractivity contribution in [2.75, 3.05) is 0 Å². The first kappa shape index (κ1) is 15.6. The van der Waals surface area contributed by atoms with E-state index in [0.717, 1.165) is 0 Å². The Hall–Kier alpha value is -3.26. The van der Waals surface area contributed by atoms with E-state index in [1.165, 1.54) is 11.0 Å². The van der Waals surface area contributed by atoms with Gasteiger partial charge in [-0.2, -0.15) is 0 Å². The molecule has 3 rings (SSSR count). The number of hydrogen-bond acceptors (Lipinski definition) is 5. The molecule has 0 radical (unpaired) electrons. The molecule has 2 N–H and O–H groups in total. The van der Waals surface area contributed by atoms with Crippen LogP contribution in [0.5, 0.6) is 0 Å². The van der Waals surface area contributed by atoms with Crippen molar-refractivity contribution in [1.29, 1.82) is 0 Å². The minimum atomic E-state index is -0.509. The summed E-state index contributed by atoms with van der Waals surface area (Å²) in [5, 5.41) is 11.1. The number of aromatic nitrogens is 4. The van der Waals surface area contributed by atoms with Gasteiger partial charge in [0.05, 0.1) is 16.3 Å². The van der Waals surface area contributed by atoms with Crippen LogP contribution in [0.4, 0.5) is 0 Å². The maximum atomic E-state index is 12.2. The molecule has 2 aromatic carbocycles. The van der Waals surface area contributed by atoms with Crippen LogP contribution in [0, 0.1) is 0 Å². The number of nitrogens with zero attached hydrogens (tertiary/aromatic N) is 4. The number of amides is 2. The fourth-order valence-corrected chi connectivity index (χ4v) is 2.19. The maximum absolute atomic E-state index is 12.2. The Bertz CT molecular complexity index is 881. The van der Waals surface area contributed by atoms with E-state index in [4.69, 9.17) is 11.6 Å². The molecule has 0 aliphatic heterocycles. The molecule has 8 nitrogen and oxygen atoms in total. The van der Waals surface area contributed by atoms with Gasteiger partial charge in [0.2, 0.25) is 0 Å². The van der Waals surface area contributed by atoms with Gasteiger partial charge in [-0.1, -0.05) is 29.8 Å². The van der Waals surface area contributed by atoms with Crippen LogP contribution in [0.15, 0.2) is 54.9 Å². The van der Waals surface area contributed by atoms with Gasteiger partial charge in [-0.15, -0.1) is 5.10 Å². The predicted octanol–water partition coefficient (Wildman–Crippen LogP) is 1.39. The summed E-state index contributed by atoms with van der Waals surface area (Å²) >= 11 is 5.93. The zero-order valence-electron chi connectivity index (χ0n) is 12.2. The van der Waals surface area contributed by atoms with E-state index in [2.05, 4.69) is 26.4 Å². The zero-order chi connectivity index (χ0) is 16.9. The Morgan fingerprint density at radius 2 is 1.79 bits per heavy atom. The number of carbonyl (C=O) groups excluding carboxylic acids is 2. The number of carbonyl (C=O) groups is 2. The summed E-state index contributed by atoms with van der Waals surface area (Å²) in [6, 6.07) is 13.2. The van der Waals surface area contributed by atoms with Crippen LogP contribution in [-0.2, 0) is 0 Å². The number of benzene rings is 2. The van der Waals surface area contributed by atoms with Crippen molar-refractivity contribution in [1.82, 2.24) is 31.1 Å². The van der Waals surface area contributed by atoms with Crippen molar-refractivity contribution in [2.45, 2.75) is 0 Å². The van der Waals surface area contributed by atoms with Gasteiger partial charge in [0.25, 0.3) is 11.8 Å². The smallest absolute Gasteiger partial charge is 0.267 e. The van der Waals surface area contributed by atoms with E-state index >= 15 is 0 Å². The first-order chi connectivity index (χ1) is 11.6. The van der Waals surface area contributed by atoms with E-state index < -0.39 is 11.8 Å². The Balaban J connectivity index is 1.68. The molecule has 9 heteroatoms. The topological polar surface area (TPSA) is 102 Å². The van der Waals surface area contributed by atoms with Gasteiger partial charge in [0.1, 0.15) is 6.33 Å². The van der Waals surface area contributed by atoms with E-state index in [9.17, 15) is 9.59 Å². The molecule has 0 aliphatic rings. The summed E-state index contributed by atoms with van der Waals surface area (Å²) in [5.41, 5.74) is 5.88. The van der Waals surface area contributed by atoms with Gasteiger partial charge in [-0.05, 0) is 40.8 Å². The Kier molecular flexibility index (Phi) is 4.48. The number of hydrogen-bond donors (Lipinski definition) is 2. The Labute approximate surface area is 141 Å². The summed E-state index contributed by atoms with van der Waals surface area (Å²) < 4.78 is 1.42. The van der Waals surface area contributed by atoms with Crippen molar-refractivity contribution in [3.8, 4) is 5.69 Å². The molecule has 0 spiro atoms. The quantitative estimate of drug-likeness (QED) is 0.700. The second-order valence-electron chi connectivity index (χ2n) is 4.69. The summed E-state index contributed by atoms with van der Waals surface area (Å²) in [5.74, 6) is -0.990. The van der Waals surface area contributed by atoms with Crippen LogP contribution >= 0.6 is 11.6 Å². The minimum absolute atomic E-state index is 0.266. The summed E-state index contributed by atoms with van der Waals surface area (Å²) in [6.45, 7) is 0. The van der Waals surface area contributed by atoms with Crippen molar-refractivity contribution in [3.05, 3.63) is 71.0 Å². The van der Waals surface area contributed by atoms with Gasteiger partial charge in [0.15, 0.2) is 0 Å². The van der Waals surface area contributed by atoms with E-state index in [-0.39, 0.29) is 5.56 Å². The molecule has 0 saturated carbocycles. The molecule has 0 aliphatic carbocycles. The molecule has 0 bridgehead atoms. The second kappa shape index (κ2) is 6.88. The molecule has 0 unspecified atom stereocenters. The summed E-state index contributed by atoms with van der Waals surface area (Å²) in [7, 11) is 0. The average molecular weight is 343 g/mol. The van der Waals surface area contributed by atoms with E-state index in [0.29, 0.717) is 16.3 Å². The highest BCUT2D eigenvalue weighted by molar-refractivity contribution is 6.33. The lowest BCUT2D eigenvalue weighted by Gasteiger charge is -2.09. The molecule has 0 saturated heterocycles. The molecule has 24 heavy (non-hydrogen) atoms. The van der Waals surface area contributed by atoms with Gasteiger partial charge in [0, 0.05) is 5.56 Å².